The van der Waals surface area contributed by atoms with Crippen molar-refractivity contribution < 1.29 is 13.5 Å². The Balaban J connectivity index is 2.37. The SMILES string of the molecule is CCc1ccc(S(=O)(=O)Nc2c(C)cccc2CO)cc1. The lowest BCUT2D eigenvalue weighted by molar-refractivity contribution is 0.282. The van der Waals surface area contributed by atoms with Crippen LogP contribution < -0.4 is 4.72 Å². The molecule has 0 aliphatic rings. The Morgan fingerprint density at radius 1 is 1.10 bits per heavy atom. The highest BCUT2D eigenvalue weighted by molar-refractivity contribution is 7.92. The van der Waals surface area contributed by atoms with E-state index in [9.17, 15) is 13.5 Å². The highest BCUT2D eigenvalue weighted by atomic mass is 32.2. The van der Waals surface area contributed by atoms with E-state index in [0.717, 1.165) is 17.5 Å². The highest BCUT2D eigenvalue weighted by Crippen LogP contribution is 2.24. The molecule has 4 nitrogen and oxygen atoms in total. The molecule has 0 atom stereocenters. The Morgan fingerprint density at radius 2 is 1.76 bits per heavy atom. The normalized spacial score (nSPS) is 11.4. The Morgan fingerprint density at radius 3 is 2.33 bits per heavy atom. The third-order valence-corrected chi connectivity index (χ3v) is 4.77. The number of sulfonamides is 1. The smallest absolute Gasteiger partial charge is 0.261 e. The zero-order valence-corrected chi connectivity index (χ0v) is 12.9. The molecule has 0 saturated carbocycles. The summed E-state index contributed by atoms with van der Waals surface area (Å²) in [6, 6.07) is 12.1. The van der Waals surface area contributed by atoms with Gasteiger partial charge >= 0.3 is 0 Å². The van der Waals surface area contributed by atoms with Crippen LogP contribution in [-0.4, -0.2) is 13.5 Å². The second-order valence-electron chi connectivity index (χ2n) is 4.87. The number of hydrogen-bond donors (Lipinski definition) is 2. The van der Waals surface area contributed by atoms with E-state index in [4.69, 9.17) is 0 Å². The molecule has 21 heavy (non-hydrogen) atoms. The number of benzene rings is 2. The lowest BCUT2D eigenvalue weighted by Crippen LogP contribution is -2.15. The molecule has 0 unspecified atom stereocenters. The van der Waals surface area contributed by atoms with Gasteiger partial charge in [-0.25, -0.2) is 8.42 Å². The summed E-state index contributed by atoms with van der Waals surface area (Å²) < 4.78 is 27.4. The third kappa shape index (κ3) is 3.43. The van der Waals surface area contributed by atoms with Gasteiger partial charge in [-0.1, -0.05) is 37.3 Å². The molecule has 5 heteroatoms. The Hall–Kier alpha value is -1.85. The van der Waals surface area contributed by atoms with Crippen molar-refractivity contribution in [3.05, 3.63) is 59.2 Å². The molecular weight excluding hydrogens is 286 g/mol. The number of anilines is 1. The number of rotatable bonds is 5. The maximum atomic E-state index is 12.4. The largest absolute Gasteiger partial charge is 0.392 e. The van der Waals surface area contributed by atoms with E-state index < -0.39 is 10.0 Å². The molecule has 0 aromatic heterocycles. The first-order valence-corrected chi connectivity index (χ1v) is 8.27. The number of nitrogens with one attached hydrogen (secondary N) is 1. The van der Waals surface area contributed by atoms with Gasteiger partial charge in [0.25, 0.3) is 10.0 Å². The summed E-state index contributed by atoms with van der Waals surface area (Å²) in [6.45, 7) is 3.61. The molecule has 0 aliphatic carbocycles. The van der Waals surface area contributed by atoms with Crippen LogP contribution in [0, 0.1) is 6.92 Å². The summed E-state index contributed by atoms with van der Waals surface area (Å²) >= 11 is 0. The van der Waals surface area contributed by atoms with Gasteiger partial charge in [0.15, 0.2) is 0 Å². The van der Waals surface area contributed by atoms with Crippen molar-refractivity contribution in [3.63, 3.8) is 0 Å². The van der Waals surface area contributed by atoms with Crippen LogP contribution in [0.15, 0.2) is 47.4 Å². The van der Waals surface area contributed by atoms with Crippen LogP contribution in [0.5, 0.6) is 0 Å². The van der Waals surface area contributed by atoms with Crippen molar-refractivity contribution in [2.75, 3.05) is 4.72 Å². The van der Waals surface area contributed by atoms with Crippen LogP contribution in [0.3, 0.4) is 0 Å². The quantitative estimate of drug-likeness (QED) is 0.892. The molecule has 112 valence electrons. The van der Waals surface area contributed by atoms with E-state index in [1.54, 1.807) is 49.4 Å². The highest BCUT2D eigenvalue weighted by Gasteiger charge is 2.17. The maximum Gasteiger partial charge on any atom is 0.261 e. The molecule has 2 aromatic carbocycles. The number of aryl methyl sites for hydroxylation is 2. The summed E-state index contributed by atoms with van der Waals surface area (Å²) in [5.74, 6) is 0. The average molecular weight is 305 g/mol. The lowest BCUT2D eigenvalue weighted by Gasteiger charge is -2.14. The van der Waals surface area contributed by atoms with Crippen LogP contribution in [0.1, 0.15) is 23.6 Å². The predicted octanol–water partition coefficient (Wildman–Crippen LogP) is 2.85. The molecule has 0 bridgehead atoms. The molecule has 0 fully saturated rings. The van der Waals surface area contributed by atoms with E-state index in [1.807, 2.05) is 6.92 Å². The molecule has 0 aliphatic heterocycles. The molecule has 2 rings (SSSR count). The topological polar surface area (TPSA) is 66.4 Å². The van der Waals surface area contributed by atoms with E-state index in [2.05, 4.69) is 4.72 Å². The van der Waals surface area contributed by atoms with Gasteiger partial charge in [0.2, 0.25) is 0 Å². The minimum absolute atomic E-state index is 0.214. The standard InChI is InChI=1S/C16H19NO3S/c1-3-13-7-9-15(10-8-13)21(19,20)17-16-12(2)5-4-6-14(16)11-18/h4-10,17-18H,3,11H2,1-2H3. The van der Waals surface area contributed by atoms with Crippen molar-refractivity contribution in [2.24, 2.45) is 0 Å². The monoisotopic (exact) mass is 305 g/mol. The molecule has 0 spiro atoms. The zero-order chi connectivity index (χ0) is 15.5. The molecule has 2 aromatic rings. The van der Waals surface area contributed by atoms with Crippen LogP contribution in [0.4, 0.5) is 5.69 Å². The van der Waals surface area contributed by atoms with Crippen LogP contribution in [0.2, 0.25) is 0 Å². The molecule has 0 radical (unpaired) electrons. The predicted molar refractivity (Wildman–Crippen MR) is 83.7 cm³/mol. The summed E-state index contributed by atoms with van der Waals surface area (Å²) in [5, 5.41) is 9.34. The van der Waals surface area contributed by atoms with Gasteiger partial charge in [0.1, 0.15) is 0 Å². The fraction of sp³-hybridized carbons (Fsp3) is 0.250. The van der Waals surface area contributed by atoms with E-state index in [0.29, 0.717) is 11.3 Å². The van der Waals surface area contributed by atoms with Crippen molar-refractivity contribution in [1.82, 2.24) is 0 Å². The summed E-state index contributed by atoms with van der Waals surface area (Å²) in [4.78, 5) is 0.215. The first-order valence-electron chi connectivity index (χ1n) is 6.79. The molecule has 0 heterocycles. The third-order valence-electron chi connectivity index (χ3n) is 3.41. The van der Waals surface area contributed by atoms with Gasteiger partial charge in [-0.15, -0.1) is 0 Å². The summed E-state index contributed by atoms with van der Waals surface area (Å²) in [6.07, 6.45) is 0.861. The molecule has 0 saturated heterocycles. The van der Waals surface area contributed by atoms with Gasteiger partial charge in [-0.3, -0.25) is 4.72 Å². The minimum atomic E-state index is -3.65. The van der Waals surface area contributed by atoms with Crippen LogP contribution in [0.25, 0.3) is 0 Å². The zero-order valence-electron chi connectivity index (χ0n) is 12.1. The van der Waals surface area contributed by atoms with Crippen molar-refractivity contribution in [3.8, 4) is 0 Å². The summed E-state index contributed by atoms with van der Waals surface area (Å²) in [7, 11) is -3.65. The van der Waals surface area contributed by atoms with Gasteiger partial charge < -0.3 is 5.11 Å². The molecular formula is C16H19NO3S. The lowest BCUT2D eigenvalue weighted by atomic mass is 10.1. The molecule has 2 N–H and O–H groups in total. The number of aliphatic hydroxyl groups is 1. The summed E-state index contributed by atoms with van der Waals surface area (Å²) in [5.41, 5.74) is 2.86. The Kier molecular flexibility index (Phi) is 4.65. The number of hydrogen-bond acceptors (Lipinski definition) is 3. The maximum absolute atomic E-state index is 12.4. The fourth-order valence-corrected chi connectivity index (χ4v) is 3.28. The average Bonchev–Trinajstić information content (AvgIpc) is 2.49. The first-order chi connectivity index (χ1) is 9.97. The van der Waals surface area contributed by atoms with Crippen molar-refractivity contribution >= 4 is 15.7 Å². The second-order valence-corrected chi connectivity index (χ2v) is 6.55. The number of aliphatic hydroxyl groups excluding tert-OH is 1. The van der Waals surface area contributed by atoms with E-state index >= 15 is 0 Å². The number of para-hydroxylation sites is 1. The Bertz CT molecular complexity index is 722. The minimum Gasteiger partial charge on any atom is -0.392 e. The Labute approximate surface area is 125 Å². The molecule has 0 amide bonds. The van der Waals surface area contributed by atoms with E-state index in [1.165, 1.54) is 0 Å². The van der Waals surface area contributed by atoms with Gasteiger partial charge in [-0.05, 0) is 36.6 Å². The fourth-order valence-electron chi connectivity index (χ4n) is 2.10. The van der Waals surface area contributed by atoms with E-state index in [-0.39, 0.29) is 11.5 Å². The van der Waals surface area contributed by atoms with Gasteiger partial charge in [0.05, 0.1) is 17.2 Å². The first kappa shape index (κ1) is 15.5. The van der Waals surface area contributed by atoms with Crippen LogP contribution >= 0.6 is 0 Å². The van der Waals surface area contributed by atoms with Gasteiger partial charge in [0, 0.05) is 5.56 Å². The van der Waals surface area contributed by atoms with Crippen molar-refractivity contribution in [1.29, 1.82) is 0 Å². The van der Waals surface area contributed by atoms with Gasteiger partial charge in [-0.2, -0.15) is 0 Å². The van der Waals surface area contributed by atoms with Crippen LogP contribution in [-0.2, 0) is 23.1 Å². The van der Waals surface area contributed by atoms with Crippen molar-refractivity contribution in [2.45, 2.75) is 31.8 Å². The second kappa shape index (κ2) is 6.28.